The van der Waals surface area contributed by atoms with Crippen LogP contribution in [0.5, 0.6) is 5.75 Å². The van der Waals surface area contributed by atoms with Crippen molar-refractivity contribution in [2.45, 2.75) is 52.9 Å². The van der Waals surface area contributed by atoms with Crippen molar-refractivity contribution in [2.75, 3.05) is 0 Å². The minimum atomic E-state index is -0.483. The molecule has 1 aromatic carbocycles. The van der Waals surface area contributed by atoms with Crippen LogP contribution in [0.15, 0.2) is 35.2 Å². The van der Waals surface area contributed by atoms with Crippen LogP contribution < -0.4 is 5.32 Å². The fraction of sp³-hybridized carbons (Fsp3) is 0.478. The Bertz CT molecular complexity index is 980. The fourth-order valence-corrected chi connectivity index (χ4v) is 5.55. The van der Waals surface area contributed by atoms with Crippen molar-refractivity contribution >= 4 is 34.8 Å². The molecule has 154 valence electrons. The van der Waals surface area contributed by atoms with Gasteiger partial charge in [0, 0.05) is 35.7 Å². The minimum Gasteiger partial charge on any atom is -0.505 e. The Kier molecular flexibility index (Phi) is 4.67. The summed E-state index contributed by atoms with van der Waals surface area (Å²) in [5, 5.41) is 13.7. The lowest BCUT2D eigenvalue weighted by atomic mass is 9.62. The van der Waals surface area contributed by atoms with Gasteiger partial charge in [-0.25, -0.2) is 0 Å². The first-order chi connectivity index (χ1) is 13.4. The zero-order chi connectivity index (χ0) is 21.3. The minimum absolute atomic E-state index is 0.0470. The van der Waals surface area contributed by atoms with Crippen molar-refractivity contribution in [1.29, 1.82) is 0 Å². The standard InChI is InChI=1S/C23H25Cl2NO3/c1-22(2)7-14-19(16(27)9-22)18(11-5-12(24)21(29)13(25)6-11)20-15(26-14)8-23(3,4)10-17(20)28/h5-7,18-19,26,29H,8-10H2,1-4H3. The molecule has 0 saturated carbocycles. The summed E-state index contributed by atoms with van der Waals surface area (Å²) >= 11 is 12.4. The molecule has 2 atom stereocenters. The lowest BCUT2D eigenvalue weighted by Gasteiger charge is -2.45. The summed E-state index contributed by atoms with van der Waals surface area (Å²) in [5.41, 5.74) is 2.66. The van der Waals surface area contributed by atoms with E-state index >= 15 is 0 Å². The first kappa shape index (κ1) is 20.5. The van der Waals surface area contributed by atoms with Gasteiger partial charge in [0.15, 0.2) is 11.5 Å². The third-order valence-electron chi connectivity index (χ3n) is 6.12. The first-order valence-corrected chi connectivity index (χ1v) is 10.6. The predicted molar refractivity (Wildman–Crippen MR) is 114 cm³/mol. The highest BCUT2D eigenvalue weighted by Gasteiger charge is 2.49. The molecule has 2 N–H and O–H groups in total. The number of phenolic OH excluding ortho intramolecular Hbond substituents is 1. The second kappa shape index (κ2) is 6.61. The topological polar surface area (TPSA) is 66.4 Å². The Morgan fingerprint density at radius 1 is 1.00 bits per heavy atom. The van der Waals surface area contributed by atoms with Crippen LogP contribution in [0, 0.1) is 16.7 Å². The van der Waals surface area contributed by atoms with Crippen LogP contribution in [0.25, 0.3) is 0 Å². The average Bonchev–Trinajstić information content (AvgIpc) is 2.55. The van der Waals surface area contributed by atoms with E-state index in [1.54, 1.807) is 12.1 Å². The molecule has 1 aliphatic heterocycles. The molecule has 2 unspecified atom stereocenters. The largest absolute Gasteiger partial charge is 0.505 e. The van der Waals surface area contributed by atoms with E-state index in [0.717, 1.165) is 17.8 Å². The van der Waals surface area contributed by atoms with Crippen molar-refractivity contribution in [3.63, 3.8) is 0 Å². The van der Waals surface area contributed by atoms with Crippen LogP contribution in [-0.2, 0) is 9.59 Å². The summed E-state index contributed by atoms with van der Waals surface area (Å²) in [5.74, 6) is -0.993. The van der Waals surface area contributed by atoms with Crippen molar-refractivity contribution in [2.24, 2.45) is 16.7 Å². The number of hydrogen-bond acceptors (Lipinski definition) is 4. The molecule has 4 rings (SSSR count). The molecule has 0 saturated heterocycles. The summed E-state index contributed by atoms with van der Waals surface area (Å²) in [6.07, 6.45) is 3.67. The molecule has 0 spiro atoms. The van der Waals surface area contributed by atoms with E-state index in [0.29, 0.717) is 24.0 Å². The highest BCUT2D eigenvalue weighted by molar-refractivity contribution is 6.37. The molecule has 1 heterocycles. The second-order valence-electron chi connectivity index (χ2n) is 9.98. The Hall–Kier alpha value is -1.78. The van der Waals surface area contributed by atoms with E-state index in [1.165, 1.54) is 0 Å². The molecule has 3 aliphatic rings. The smallest absolute Gasteiger partial charge is 0.161 e. The number of carbonyl (C=O) groups excluding carboxylic acids is 2. The van der Waals surface area contributed by atoms with Crippen LogP contribution >= 0.6 is 23.2 Å². The molecule has 0 radical (unpaired) electrons. The van der Waals surface area contributed by atoms with E-state index in [1.807, 2.05) is 13.8 Å². The number of hydrogen-bond donors (Lipinski definition) is 2. The number of allylic oxidation sites excluding steroid dienone is 4. The SMILES string of the molecule is CC1(C)C=C2NC3=C(C(=O)CC(C)(C)C3)C(c3cc(Cl)c(O)c(Cl)c3)C2C(=O)C1. The van der Waals surface area contributed by atoms with Gasteiger partial charge in [-0.2, -0.15) is 0 Å². The molecular formula is C23H25Cl2NO3. The van der Waals surface area contributed by atoms with Crippen molar-refractivity contribution in [3.8, 4) is 5.75 Å². The summed E-state index contributed by atoms with van der Waals surface area (Å²) in [4.78, 5) is 26.5. The summed E-state index contributed by atoms with van der Waals surface area (Å²) in [6.45, 7) is 8.24. The number of benzene rings is 1. The summed E-state index contributed by atoms with van der Waals surface area (Å²) in [6, 6.07) is 3.25. The molecular weight excluding hydrogens is 409 g/mol. The Labute approximate surface area is 181 Å². The number of halogens is 2. The van der Waals surface area contributed by atoms with E-state index in [9.17, 15) is 14.7 Å². The number of rotatable bonds is 1. The Balaban J connectivity index is 1.96. The lowest BCUT2D eigenvalue weighted by molar-refractivity contribution is -0.125. The van der Waals surface area contributed by atoms with E-state index in [4.69, 9.17) is 23.2 Å². The third kappa shape index (κ3) is 3.51. The highest BCUT2D eigenvalue weighted by Crippen LogP contribution is 2.52. The maximum atomic E-state index is 13.2. The van der Waals surface area contributed by atoms with Gasteiger partial charge in [0.2, 0.25) is 0 Å². The van der Waals surface area contributed by atoms with Crippen LogP contribution in [0.4, 0.5) is 0 Å². The van der Waals surface area contributed by atoms with Gasteiger partial charge in [-0.1, -0.05) is 57.0 Å². The average molecular weight is 434 g/mol. The van der Waals surface area contributed by atoms with E-state index in [2.05, 4.69) is 25.2 Å². The first-order valence-electron chi connectivity index (χ1n) is 9.85. The molecule has 0 aromatic heterocycles. The number of fused-ring (bicyclic) bond motifs is 1. The lowest BCUT2D eigenvalue weighted by Crippen LogP contribution is -2.46. The fourth-order valence-electron chi connectivity index (χ4n) is 5.05. The van der Waals surface area contributed by atoms with Gasteiger partial charge < -0.3 is 10.4 Å². The Morgan fingerprint density at radius 3 is 2.24 bits per heavy atom. The van der Waals surface area contributed by atoms with Crippen molar-refractivity contribution < 1.29 is 14.7 Å². The van der Waals surface area contributed by atoms with Crippen LogP contribution in [0.2, 0.25) is 10.0 Å². The van der Waals surface area contributed by atoms with Gasteiger partial charge in [-0.3, -0.25) is 9.59 Å². The van der Waals surface area contributed by atoms with Gasteiger partial charge in [0.1, 0.15) is 5.78 Å². The number of Topliss-reactive ketones (excluding diaryl/α,β-unsaturated/α-hetero) is 2. The zero-order valence-corrected chi connectivity index (χ0v) is 18.5. The summed E-state index contributed by atoms with van der Waals surface area (Å²) in [7, 11) is 0. The number of phenols is 1. The molecule has 0 amide bonds. The van der Waals surface area contributed by atoms with E-state index in [-0.39, 0.29) is 38.2 Å². The monoisotopic (exact) mass is 433 g/mol. The predicted octanol–water partition coefficient (Wildman–Crippen LogP) is 5.53. The number of aromatic hydroxyl groups is 1. The quantitative estimate of drug-likeness (QED) is 0.610. The normalized spacial score (nSPS) is 27.7. The van der Waals surface area contributed by atoms with Gasteiger partial charge in [-0.05, 0) is 34.9 Å². The van der Waals surface area contributed by atoms with Crippen LogP contribution in [-0.4, -0.2) is 16.7 Å². The zero-order valence-electron chi connectivity index (χ0n) is 17.0. The van der Waals surface area contributed by atoms with Gasteiger partial charge in [-0.15, -0.1) is 0 Å². The molecule has 6 heteroatoms. The molecule has 0 fully saturated rings. The number of carbonyl (C=O) groups is 2. The third-order valence-corrected chi connectivity index (χ3v) is 6.69. The molecule has 29 heavy (non-hydrogen) atoms. The van der Waals surface area contributed by atoms with E-state index < -0.39 is 11.8 Å². The Morgan fingerprint density at radius 2 is 1.62 bits per heavy atom. The maximum absolute atomic E-state index is 13.2. The molecule has 0 bridgehead atoms. The second-order valence-corrected chi connectivity index (χ2v) is 10.8. The number of nitrogens with one attached hydrogen (secondary N) is 1. The van der Waals surface area contributed by atoms with Crippen molar-refractivity contribution in [1.82, 2.24) is 5.32 Å². The van der Waals surface area contributed by atoms with Gasteiger partial charge >= 0.3 is 0 Å². The molecule has 2 aliphatic carbocycles. The molecule has 1 aromatic rings. The molecule has 4 nitrogen and oxygen atoms in total. The maximum Gasteiger partial charge on any atom is 0.161 e. The number of ketones is 2. The highest BCUT2D eigenvalue weighted by atomic mass is 35.5. The van der Waals surface area contributed by atoms with Crippen molar-refractivity contribution in [3.05, 3.63) is 50.8 Å². The summed E-state index contributed by atoms with van der Waals surface area (Å²) < 4.78 is 0. The van der Waals surface area contributed by atoms with Gasteiger partial charge in [0.05, 0.1) is 16.0 Å². The van der Waals surface area contributed by atoms with Crippen LogP contribution in [0.3, 0.4) is 0 Å². The van der Waals surface area contributed by atoms with Gasteiger partial charge in [0.25, 0.3) is 0 Å². The van der Waals surface area contributed by atoms with Crippen LogP contribution in [0.1, 0.15) is 58.4 Å².